The maximum atomic E-state index is 14.2. The molecule has 49 heteroatoms. The molecule has 0 radical (unpaired) electrons. The average molecular weight is 1710 g/mol. The van der Waals surface area contributed by atoms with Crippen LogP contribution in [0.2, 0.25) is 0 Å². The fourth-order valence-corrected chi connectivity index (χ4v) is 11.6. The van der Waals surface area contributed by atoms with E-state index < -0.39 is 351 Å². The van der Waals surface area contributed by atoms with Crippen LogP contribution >= 0.6 is 11.8 Å². The lowest BCUT2D eigenvalue weighted by Crippen LogP contribution is -2.60. The highest BCUT2D eigenvalue weighted by atomic mass is 32.2. The number of ether oxygens (including phenoxy) is 1. The Bertz CT molecular complexity index is 3590. The zero-order chi connectivity index (χ0) is 89.6. The van der Waals surface area contributed by atoms with Crippen LogP contribution in [0, 0.1) is 5.92 Å². The number of amides is 14. The zero-order valence-corrected chi connectivity index (χ0v) is 66.2. The second-order valence-electron chi connectivity index (χ2n) is 27.7. The minimum atomic E-state index is -2.18. The van der Waals surface area contributed by atoms with Gasteiger partial charge in [0.2, 0.25) is 82.7 Å². The minimum Gasteiger partial charge on any atom is -0.481 e. The number of nitrogens with one attached hydrogen (secondary N) is 13. The second kappa shape index (κ2) is 54.8. The summed E-state index contributed by atoms with van der Waals surface area (Å²) in [6, 6.07) is -21.3. The Balaban J connectivity index is 3.52. The molecule has 0 spiro atoms. The van der Waals surface area contributed by atoms with Crippen molar-refractivity contribution in [2.45, 2.75) is 241 Å². The summed E-state index contributed by atoms with van der Waals surface area (Å²) in [5, 5.41) is 115. The molecule has 0 aromatic carbocycles. The highest BCUT2D eigenvalue weighted by Gasteiger charge is 2.40. The molecule has 48 nitrogen and oxygen atoms in total. The van der Waals surface area contributed by atoms with E-state index in [0.29, 0.717) is 6.42 Å². The highest BCUT2D eigenvalue weighted by molar-refractivity contribution is 7.98. The Kier molecular flexibility index (Phi) is 48.4. The Morgan fingerprint density at radius 2 is 0.669 bits per heavy atom. The molecular weight excluding hydrogens is 1600 g/mol. The number of nitrogens with zero attached hydrogens (tertiary/aromatic N) is 1. The first-order valence-electron chi connectivity index (χ1n) is 37.2. The first kappa shape index (κ1) is 104. The average Bonchev–Trinajstić information content (AvgIpc) is 1.68. The number of nitrogens with two attached hydrogens (primary N) is 1. The number of hydrogen-bond donors (Lipinski definition) is 23. The number of carboxylic acids is 9. The number of carbonyl (C=O) groups excluding carboxylic acids is 14. The summed E-state index contributed by atoms with van der Waals surface area (Å²) in [4.78, 5) is 298. The normalized spacial score (nSPS) is 15.1. The maximum absolute atomic E-state index is 14.2. The van der Waals surface area contributed by atoms with Gasteiger partial charge in [-0.05, 0) is 103 Å². The molecular formula is C69H107N15O33S. The molecule has 1 aliphatic heterocycles. The summed E-state index contributed by atoms with van der Waals surface area (Å²) in [5.74, 6) is -29.8. The molecule has 0 aromatic heterocycles. The first-order chi connectivity index (χ1) is 55.2. The molecule has 662 valence electrons. The van der Waals surface area contributed by atoms with Gasteiger partial charge in [0.15, 0.2) is 0 Å². The summed E-state index contributed by atoms with van der Waals surface area (Å²) < 4.78 is 5.48. The number of aliphatic carboxylic acids is 9. The molecule has 0 unspecified atom stereocenters. The molecule has 1 fully saturated rings. The van der Waals surface area contributed by atoms with Crippen molar-refractivity contribution in [2.24, 2.45) is 11.7 Å². The molecule has 0 saturated carbocycles. The van der Waals surface area contributed by atoms with Gasteiger partial charge in [0, 0.05) is 82.7 Å². The lowest BCUT2D eigenvalue weighted by Gasteiger charge is -2.28. The molecule has 0 aliphatic carbocycles. The summed E-state index contributed by atoms with van der Waals surface area (Å²) in [5.41, 5.74) is 5.73. The Hall–Kier alpha value is -11.9. The molecule has 0 bridgehead atoms. The van der Waals surface area contributed by atoms with Crippen molar-refractivity contribution in [2.75, 3.05) is 44.9 Å². The third-order valence-electron chi connectivity index (χ3n) is 17.1. The molecule has 1 heterocycles. The molecule has 1 aliphatic rings. The van der Waals surface area contributed by atoms with E-state index in [1.807, 2.05) is 0 Å². The van der Waals surface area contributed by atoms with Crippen molar-refractivity contribution in [3.05, 3.63) is 0 Å². The first-order valence-corrected chi connectivity index (χ1v) is 38.6. The quantitative estimate of drug-likeness (QED) is 0.0252. The summed E-state index contributed by atoms with van der Waals surface area (Å²) in [7, 11) is 0. The number of carboxylic acid groups (broad SMARTS) is 9. The van der Waals surface area contributed by atoms with E-state index in [9.17, 15) is 151 Å². The van der Waals surface area contributed by atoms with Crippen LogP contribution in [0.25, 0.3) is 0 Å². The molecule has 1 saturated heterocycles. The van der Waals surface area contributed by atoms with Gasteiger partial charge < -0.3 is 130 Å². The number of thioether (sulfide) groups is 1. The largest absolute Gasteiger partial charge is 0.481 e. The predicted octanol–water partition coefficient (Wildman–Crippen LogP) is -6.88. The van der Waals surface area contributed by atoms with E-state index in [4.69, 9.17) is 15.6 Å². The van der Waals surface area contributed by atoms with Crippen LogP contribution in [-0.2, 0) is 115 Å². The van der Waals surface area contributed by atoms with E-state index in [2.05, 4.69) is 69.1 Å². The Morgan fingerprint density at radius 3 is 0.975 bits per heavy atom. The van der Waals surface area contributed by atoms with E-state index in [1.54, 1.807) is 34.0 Å². The van der Waals surface area contributed by atoms with Gasteiger partial charge in [-0.3, -0.25) is 110 Å². The number of rotatable bonds is 61. The van der Waals surface area contributed by atoms with Crippen molar-refractivity contribution < 1.29 is 161 Å². The number of carbonyl (C=O) groups is 23. The van der Waals surface area contributed by atoms with E-state index in [0.717, 1.165) is 0 Å². The summed E-state index contributed by atoms with van der Waals surface area (Å²) in [6.07, 6.45) is -13.0. The lowest BCUT2D eigenvalue weighted by atomic mass is 10.0. The van der Waals surface area contributed by atoms with E-state index >= 15 is 0 Å². The molecule has 1 rings (SSSR count). The van der Waals surface area contributed by atoms with Crippen LogP contribution in [0.3, 0.4) is 0 Å². The Labute approximate surface area is 678 Å². The predicted molar refractivity (Wildman–Crippen MR) is 402 cm³/mol. The third-order valence-corrected chi connectivity index (χ3v) is 17.7. The van der Waals surface area contributed by atoms with Gasteiger partial charge in [0.25, 0.3) is 0 Å². The SMILES string of the molecule is CSC[C@H](NC(=O)CNC(=O)[C@H](CC(C)C)NC(=O)[C@@H]1CCCN1C(=O)COCCNC(=O)[C@@H](CCC(=O)O)NC(=O)[C@@H](CCC(=O)O)NC(=O)[C@@H](CCC(=O)O)NC(=O)[C@@H](CCC(=O)O)NC(=O)[C@@H](CCC(=O)O)NC(=O)[C@@H](CCC(=O)O)NC(=O)[C@@H](CCC(=O)O)NC(=O)[C@@H](CCC(=O)O)NC(=O)[C@H](N)CCC(=O)O)C(=O)NC(C)C. The maximum Gasteiger partial charge on any atom is 0.303 e. The second-order valence-corrected chi connectivity index (χ2v) is 28.6. The summed E-state index contributed by atoms with van der Waals surface area (Å²) >= 11 is 1.31. The molecule has 0 aromatic rings. The van der Waals surface area contributed by atoms with Gasteiger partial charge in [0.1, 0.15) is 73.1 Å². The van der Waals surface area contributed by atoms with Gasteiger partial charge in [-0.1, -0.05) is 13.8 Å². The van der Waals surface area contributed by atoms with Crippen molar-refractivity contribution in [1.82, 2.24) is 74.0 Å². The number of likely N-dealkylation sites (tertiary alicyclic amines) is 1. The van der Waals surface area contributed by atoms with E-state index in [1.165, 1.54) is 16.7 Å². The van der Waals surface area contributed by atoms with Gasteiger partial charge in [-0.15, -0.1) is 0 Å². The van der Waals surface area contributed by atoms with Crippen molar-refractivity contribution in [3.8, 4) is 0 Å². The van der Waals surface area contributed by atoms with Crippen LogP contribution in [-0.4, -0.2) is 311 Å². The van der Waals surface area contributed by atoms with Gasteiger partial charge in [0.05, 0.1) is 19.2 Å². The highest BCUT2D eigenvalue weighted by Crippen LogP contribution is 2.20. The molecule has 14 amide bonds. The van der Waals surface area contributed by atoms with Gasteiger partial charge >= 0.3 is 53.7 Å². The third kappa shape index (κ3) is 43.7. The van der Waals surface area contributed by atoms with E-state index in [-0.39, 0.29) is 37.1 Å². The molecule has 12 atom stereocenters. The van der Waals surface area contributed by atoms with Crippen LogP contribution in [0.1, 0.15) is 163 Å². The fraction of sp³-hybridized carbons (Fsp3) is 0.667. The van der Waals surface area contributed by atoms with Crippen LogP contribution in [0.15, 0.2) is 0 Å². The van der Waals surface area contributed by atoms with Crippen molar-refractivity contribution in [1.29, 1.82) is 0 Å². The Morgan fingerprint density at radius 1 is 0.373 bits per heavy atom. The van der Waals surface area contributed by atoms with Crippen LogP contribution in [0.5, 0.6) is 0 Å². The molecule has 118 heavy (non-hydrogen) atoms. The standard InChI is InChI=1S/C69H107N15O33S/c1-33(2)29-44(60(107)72-30-47(85)74-45(32-118-5)68(115)73-34(3)4)83-69(116)46-7-6-27-84(46)48(86)31-117-28-26-71-59(106)36(9-18-50(89)90)76-62(109)38(11-20-52(93)94)78-64(111)40(13-22-54(97)98)80-66(113)42(15-24-56(101)102)82-67(114)43(16-25-57(103)104)81-65(112)41(14-23-55(99)100)79-63(110)39(12-21-53(95)96)77-61(108)37(10-19-51(91)92)75-58(105)35(70)8-17-49(87)88/h33-46H,6-32,70H2,1-5H3,(H,71,106)(H,72,107)(H,73,115)(H,74,85)(H,75,105)(H,76,109)(H,77,108)(H,78,111)(H,79,110)(H,80,113)(H,81,112)(H,82,114)(H,83,116)(H,87,88)(H,89,90)(H,91,92)(H,93,94)(H,95,96)(H,97,98)(H,99,100)(H,101,102)(H,103,104)/t35-,36-,37-,38-,39-,40-,41-,42-,43-,44+,45+,46+/m1/s1. The zero-order valence-electron chi connectivity index (χ0n) is 65.4. The van der Waals surface area contributed by atoms with Crippen LogP contribution < -0.4 is 74.9 Å². The lowest BCUT2D eigenvalue weighted by molar-refractivity contribution is -0.142. The smallest absolute Gasteiger partial charge is 0.303 e. The number of hydrogen-bond acceptors (Lipinski definition) is 26. The summed E-state index contributed by atoms with van der Waals surface area (Å²) in [6.45, 7) is 5.05. The fourth-order valence-electron chi connectivity index (χ4n) is 11.1. The minimum absolute atomic E-state index is 0.0856. The van der Waals surface area contributed by atoms with Crippen LogP contribution in [0.4, 0.5) is 0 Å². The van der Waals surface area contributed by atoms with Crippen molar-refractivity contribution in [3.63, 3.8) is 0 Å². The van der Waals surface area contributed by atoms with Gasteiger partial charge in [-0.2, -0.15) is 11.8 Å². The van der Waals surface area contributed by atoms with Gasteiger partial charge in [-0.25, -0.2) is 0 Å². The topological polar surface area (TPSA) is 770 Å². The molecule has 24 N–H and O–H groups in total. The van der Waals surface area contributed by atoms with Crippen molar-refractivity contribution >= 4 is 148 Å². The monoisotopic (exact) mass is 1710 g/mol.